The van der Waals surface area contributed by atoms with Crippen molar-refractivity contribution < 1.29 is 14.6 Å². The Morgan fingerprint density at radius 3 is 2.24 bits per heavy atom. The van der Waals surface area contributed by atoms with Crippen molar-refractivity contribution in [1.29, 1.82) is 0 Å². The molecule has 2 atom stereocenters. The molecule has 1 heterocycles. The summed E-state index contributed by atoms with van der Waals surface area (Å²) in [6, 6.07) is 18.7. The molecule has 3 rings (SSSR count). The summed E-state index contributed by atoms with van der Waals surface area (Å²) >= 11 is 0. The molecule has 0 aromatic heterocycles. The summed E-state index contributed by atoms with van der Waals surface area (Å²) in [5.41, 5.74) is 1.04. The van der Waals surface area contributed by atoms with E-state index in [4.69, 9.17) is 4.74 Å². The van der Waals surface area contributed by atoms with E-state index in [1.54, 1.807) is 4.90 Å². The number of carbonyl (C=O) groups is 1. The third kappa shape index (κ3) is 2.76. The molecule has 2 aromatic carbocycles. The van der Waals surface area contributed by atoms with Crippen LogP contribution in [0.25, 0.3) is 0 Å². The first-order valence-electron chi connectivity index (χ1n) is 6.96. The summed E-state index contributed by atoms with van der Waals surface area (Å²) < 4.78 is 5.68. The molecule has 1 N–H and O–H groups in total. The van der Waals surface area contributed by atoms with E-state index in [1.165, 1.54) is 0 Å². The number of carbonyl (C=O) groups excluding carboxylic acids is 1. The van der Waals surface area contributed by atoms with Crippen LogP contribution in [0.15, 0.2) is 60.7 Å². The average molecular weight is 283 g/mol. The van der Waals surface area contributed by atoms with Crippen molar-refractivity contribution in [2.45, 2.75) is 18.7 Å². The van der Waals surface area contributed by atoms with Crippen LogP contribution in [0, 0.1) is 0 Å². The number of amides is 1. The smallest absolute Gasteiger partial charge is 0.266 e. The second-order valence-electron chi connectivity index (χ2n) is 5.05. The Bertz CT molecular complexity index is 548. The zero-order valence-electron chi connectivity index (χ0n) is 11.6. The fourth-order valence-electron chi connectivity index (χ4n) is 2.52. The lowest BCUT2D eigenvalue weighted by Gasteiger charge is -2.45. The summed E-state index contributed by atoms with van der Waals surface area (Å²) in [4.78, 5) is 13.9. The maximum Gasteiger partial charge on any atom is 0.266 e. The number of hydrogen-bond acceptors (Lipinski definition) is 3. The fraction of sp³-hybridized carbons (Fsp3) is 0.235. The molecular formula is C17H17NO3. The van der Waals surface area contributed by atoms with Crippen LogP contribution in [0.3, 0.4) is 0 Å². The molecule has 0 aliphatic carbocycles. The van der Waals surface area contributed by atoms with Gasteiger partial charge < -0.3 is 14.7 Å². The maximum absolute atomic E-state index is 12.2. The van der Waals surface area contributed by atoms with Crippen LogP contribution < -0.4 is 4.74 Å². The fourth-order valence-corrected chi connectivity index (χ4v) is 2.52. The van der Waals surface area contributed by atoms with Gasteiger partial charge in [-0.25, -0.2) is 0 Å². The molecular weight excluding hydrogens is 266 g/mol. The Balaban J connectivity index is 1.68. The van der Waals surface area contributed by atoms with Crippen LogP contribution in [0.4, 0.5) is 0 Å². The Morgan fingerprint density at radius 2 is 1.62 bits per heavy atom. The van der Waals surface area contributed by atoms with Gasteiger partial charge in [0.1, 0.15) is 11.8 Å². The first kappa shape index (κ1) is 13.6. The zero-order chi connectivity index (χ0) is 14.7. The van der Waals surface area contributed by atoms with Gasteiger partial charge in [-0.3, -0.25) is 4.79 Å². The number of benzene rings is 2. The van der Waals surface area contributed by atoms with Gasteiger partial charge in [-0.2, -0.15) is 0 Å². The molecule has 1 aliphatic rings. The molecule has 0 bridgehead atoms. The highest BCUT2D eigenvalue weighted by Gasteiger charge is 2.48. The minimum Gasteiger partial charge on any atom is -0.478 e. The Kier molecular flexibility index (Phi) is 3.88. The number of likely N-dealkylation sites (tertiary alicyclic amines) is 1. The topological polar surface area (TPSA) is 49.8 Å². The predicted molar refractivity (Wildman–Crippen MR) is 78.7 cm³/mol. The van der Waals surface area contributed by atoms with Crippen LogP contribution in [0.1, 0.15) is 5.56 Å². The Morgan fingerprint density at radius 1 is 1.00 bits per heavy atom. The molecule has 4 nitrogen and oxygen atoms in total. The van der Waals surface area contributed by atoms with E-state index in [2.05, 4.69) is 0 Å². The Hall–Kier alpha value is -2.33. The van der Waals surface area contributed by atoms with Crippen molar-refractivity contribution >= 4 is 5.91 Å². The summed E-state index contributed by atoms with van der Waals surface area (Å²) in [7, 11) is 0. The van der Waals surface area contributed by atoms with Crippen molar-refractivity contribution in [3.63, 3.8) is 0 Å². The van der Waals surface area contributed by atoms with E-state index in [-0.39, 0.29) is 18.6 Å². The average Bonchev–Trinajstić information content (AvgIpc) is 2.55. The number of aliphatic hydroxyl groups excluding tert-OH is 1. The van der Waals surface area contributed by atoms with Crippen LogP contribution in [-0.2, 0) is 11.3 Å². The lowest BCUT2D eigenvalue weighted by Crippen LogP contribution is -2.67. The number of ether oxygens (including phenoxy) is 1. The van der Waals surface area contributed by atoms with Gasteiger partial charge in [-0.15, -0.1) is 0 Å². The molecule has 0 spiro atoms. The summed E-state index contributed by atoms with van der Waals surface area (Å²) in [6.07, 6.45) is -0.596. The largest absolute Gasteiger partial charge is 0.478 e. The van der Waals surface area contributed by atoms with Gasteiger partial charge in [-0.1, -0.05) is 48.5 Å². The monoisotopic (exact) mass is 283 g/mol. The van der Waals surface area contributed by atoms with E-state index in [9.17, 15) is 9.90 Å². The predicted octanol–water partition coefficient (Wildman–Crippen LogP) is 1.84. The molecule has 0 saturated carbocycles. The molecule has 1 amide bonds. The number of para-hydroxylation sites is 1. The van der Waals surface area contributed by atoms with E-state index >= 15 is 0 Å². The maximum atomic E-state index is 12.2. The number of rotatable bonds is 5. The summed E-state index contributed by atoms with van der Waals surface area (Å²) in [6.45, 7) is 0.398. The van der Waals surface area contributed by atoms with E-state index in [0.29, 0.717) is 12.3 Å². The molecule has 0 unspecified atom stereocenters. The highest BCUT2D eigenvalue weighted by atomic mass is 16.5. The molecule has 0 radical (unpaired) electrons. The van der Waals surface area contributed by atoms with Gasteiger partial charge in [0.25, 0.3) is 5.91 Å². The molecule has 2 aromatic rings. The standard InChI is InChI=1S/C17H17NO3/c19-12-15-16(21-14-9-5-2-6-10-14)17(20)18(15)11-13-7-3-1-4-8-13/h1-10,15-16,19H,11-12H2/t15-,16+/m1/s1. The van der Waals surface area contributed by atoms with Crippen LogP contribution >= 0.6 is 0 Å². The van der Waals surface area contributed by atoms with Crippen LogP contribution in [0.2, 0.25) is 0 Å². The lowest BCUT2D eigenvalue weighted by atomic mass is 9.97. The van der Waals surface area contributed by atoms with Crippen molar-refractivity contribution in [3.8, 4) is 5.75 Å². The molecule has 1 saturated heterocycles. The van der Waals surface area contributed by atoms with Gasteiger partial charge in [0, 0.05) is 6.54 Å². The molecule has 21 heavy (non-hydrogen) atoms. The third-order valence-electron chi connectivity index (χ3n) is 3.67. The quantitative estimate of drug-likeness (QED) is 0.852. The highest BCUT2D eigenvalue weighted by Crippen LogP contribution is 2.27. The van der Waals surface area contributed by atoms with E-state index in [1.807, 2.05) is 60.7 Å². The number of β-lactam (4-membered cyclic amide) rings is 1. The van der Waals surface area contributed by atoms with Gasteiger partial charge in [0.05, 0.1) is 6.61 Å². The lowest BCUT2D eigenvalue weighted by molar-refractivity contribution is -0.167. The Labute approximate surface area is 123 Å². The first-order valence-corrected chi connectivity index (χ1v) is 6.96. The van der Waals surface area contributed by atoms with Gasteiger partial charge in [0.15, 0.2) is 6.10 Å². The van der Waals surface area contributed by atoms with Crippen molar-refractivity contribution in [3.05, 3.63) is 66.2 Å². The van der Waals surface area contributed by atoms with Gasteiger partial charge >= 0.3 is 0 Å². The molecule has 4 heteroatoms. The zero-order valence-corrected chi connectivity index (χ0v) is 11.6. The van der Waals surface area contributed by atoms with E-state index in [0.717, 1.165) is 5.56 Å². The second-order valence-corrected chi connectivity index (χ2v) is 5.05. The van der Waals surface area contributed by atoms with Crippen molar-refractivity contribution in [1.82, 2.24) is 4.90 Å². The van der Waals surface area contributed by atoms with Crippen LogP contribution in [0.5, 0.6) is 5.75 Å². The van der Waals surface area contributed by atoms with Crippen LogP contribution in [-0.4, -0.2) is 34.7 Å². The number of nitrogens with zero attached hydrogens (tertiary/aromatic N) is 1. The normalized spacial score (nSPS) is 21.0. The second kappa shape index (κ2) is 5.97. The minimum atomic E-state index is -0.596. The number of aliphatic hydroxyl groups is 1. The number of hydrogen-bond donors (Lipinski definition) is 1. The molecule has 108 valence electrons. The minimum absolute atomic E-state index is 0.0817. The van der Waals surface area contributed by atoms with Gasteiger partial charge in [-0.05, 0) is 17.7 Å². The SMILES string of the molecule is O=C1[C@@H](Oc2ccccc2)[C@@H](CO)N1Cc1ccccc1. The highest BCUT2D eigenvalue weighted by molar-refractivity contribution is 5.88. The van der Waals surface area contributed by atoms with Crippen molar-refractivity contribution in [2.75, 3.05) is 6.61 Å². The van der Waals surface area contributed by atoms with Gasteiger partial charge in [0.2, 0.25) is 0 Å². The summed E-state index contributed by atoms with van der Waals surface area (Å²) in [5, 5.41) is 9.53. The third-order valence-corrected chi connectivity index (χ3v) is 3.67. The molecule has 1 fully saturated rings. The van der Waals surface area contributed by atoms with E-state index < -0.39 is 6.10 Å². The first-order chi connectivity index (χ1) is 10.3. The van der Waals surface area contributed by atoms with Crippen molar-refractivity contribution in [2.24, 2.45) is 0 Å². The summed E-state index contributed by atoms with van der Waals surface area (Å²) in [5.74, 6) is 0.565. The molecule has 1 aliphatic heterocycles.